The zero-order chi connectivity index (χ0) is 14.7. The monoisotopic (exact) mass is 292 g/mol. The van der Waals surface area contributed by atoms with Crippen molar-refractivity contribution < 1.29 is 19.4 Å². The second kappa shape index (κ2) is 5.84. The molecule has 2 aromatic carbocycles. The highest BCUT2D eigenvalue weighted by atomic mass is 35.5. The van der Waals surface area contributed by atoms with Crippen LogP contribution in [0.3, 0.4) is 0 Å². The van der Waals surface area contributed by atoms with Gasteiger partial charge < -0.3 is 14.6 Å². The Balaban J connectivity index is 2.67. The summed E-state index contributed by atoms with van der Waals surface area (Å²) in [6.45, 7) is 0. The van der Waals surface area contributed by atoms with Gasteiger partial charge in [-0.25, -0.2) is 4.79 Å². The molecule has 0 unspecified atom stereocenters. The van der Waals surface area contributed by atoms with Crippen molar-refractivity contribution in [3.63, 3.8) is 0 Å². The number of hydrogen-bond donors (Lipinski definition) is 1. The number of methoxy groups -OCH3 is 2. The van der Waals surface area contributed by atoms with E-state index in [1.807, 2.05) is 0 Å². The van der Waals surface area contributed by atoms with Gasteiger partial charge in [-0.15, -0.1) is 0 Å². The van der Waals surface area contributed by atoms with Gasteiger partial charge in [-0.1, -0.05) is 23.7 Å². The Morgan fingerprint density at radius 1 is 1.10 bits per heavy atom. The third kappa shape index (κ3) is 2.56. The predicted octanol–water partition coefficient (Wildman–Crippen LogP) is 3.72. The summed E-state index contributed by atoms with van der Waals surface area (Å²) in [5.74, 6) is 0.0611. The summed E-state index contributed by atoms with van der Waals surface area (Å²) in [6.07, 6.45) is 0. The van der Waals surface area contributed by atoms with Crippen LogP contribution >= 0.6 is 11.6 Å². The largest absolute Gasteiger partial charge is 0.493 e. The average Bonchev–Trinajstić information content (AvgIpc) is 2.46. The molecule has 104 valence electrons. The quantitative estimate of drug-likeness (QED) is 0.933. The molecule has 0 spiro atoms. The molecule has 2 aromatic rings. The molecular formula is C15H13ClO4. The SMILES string of the molecule is COc1cccc(-c2cc(C(=O)O)ccc2Cl)c1OC. The van der Waals surface area contributed by atoms with Gasteiger partial charge in [-0.3, -0.25) is 0 Å². The Bertz CT molecular complexity index is 652. The summed E-state index contributed by atoms with van der Waals surface area (Å²) in [7, 11) is 3.06. The molecule has 0 amide bonds. The first kappa shape index (κ1) is 14.2. The summed E-state index contributed by atoms with van der Waals surface area (Å²) in [6, 6.07) is 9.88. The molecule has 0 aromatic heterocycles. The van der Waals surface area contributed by atoms with Crippen molar-refractivity contribution in [3.05, 3.63) is 47.0 Å². The minimum atomic E-state index is -1.01. The van der Waals surface area contributed by atoms with Crippen molar-refractivity contribution in [2.75, 3.05) is 14.2 Å². The molecule has 0 atom stereocenters. The van der Waals surface area contributed by atoms with Crippen LogP contribution in [0.15, 0.2) is 36.4 Å². The van der Waals surface area contributed by atoms with Gasteiger partial charge in [0.15, 0.2) is 11.5 Å². The van der Waals surface area contributed by atoms with Crippen LogP contribution in [-0.2, 0) is 0 Å². The topological polar surface area (TPSA) is 55.8 Å². The van der Waals surface area contributed by atoms with Crippen molar-refractivity contribution >= 4 is 17.6 Å². The predicted molar refractivity (Wildman–Crippen MR) is 77.0 cm³/mol. The third-order valence-electron chi connectivity index (χ3n) is 2.91. The number of carboxylic acid groups (broad SMARTS) is 1. The Morgan fingerprint density at radius 2 is 1.85 bits per heavy atom. The molecule has 20 heavy (non-hydrogen) atoms. The zero-order valence-electron chi connectivity index (χ0n) is 11.0. The van der Waals surface area contributed by atoms with E-state index in [0.717, 1.165) is 0 Å². The van der Waals surface area contributed by atoms with Crippen LogP contribution in [0.4, 0.5) is 0 Å². The van der Waals surface area contributed by atoms with Gasteiger partial charge in [0, 0.05) is 16.1 Å². The van der Waals surface area contributed by atoms with Crippen LogP contribution in [0.2, 0.25) is 5.02 Å². The van der Waals surface area contributed by atoms with Crippen LogP contribution < -0.4 is 9.47 Å². The molecule has 5 heteroatoms. The standard InChI is InChI=1S/C15H13ClO4/c1-19-13-5-3-4-10(14(13)20-2)11-8-9(15(17)18)6-7-12(11)16/h3-8H,1-2H3,(H,17,18). The Labute approximate surface area is 121 Å². The average molecular weight is 293 g/mol. The highest BCUT2D eigenvalue weighted by Gasteiger charge is 2.15. The van der Waals surface area contributed by atoms with E-state index in [1.165, 1.54) is 26.4 Å². The van der Waals surface area contributed by atoms with Crippen molar-refractivity contribution in [2.45, 2.75) is 0 Å². The van der Waals surface area contributed by atoms with Gasteiger partial charge in [0.25, 0.3) is 0 Å². The number of carbonyl (C=O) groups is 1. The van der Waals surface area contributed by atoms with E-state index in [1.54, 1.807) is 24.3 Å². The number of para-hydroxylation sites is 1. The maximum Gasteiger partial charge on any atom is 0.335 e. The van der Waals surface area contributed by atoms with Gasteiger partial charge in [0.05, 0.1) is 19.8 Å². The summed E-state index contributed by atoms with van der Waals surface area (Å²) in [5.41, 5.74) is 1.43. The fraction of sp³-hybridized carbons (Fsp3) is 0.133. The number of hydrogen-bond acceptors (Lipinski definition) is 3. The highest BCUT2D eigenvalue weighted by Crippen LogP contribution is 2.40. The van der Waals surface area contributed by atoms with Gasteiger partial charge in [-0.05, 0) is 24.3 Å². The minimum absolute atomic E-state index is 0.161. The number of benzene rings is 2. The summed E-state index contributed by atoms with van der Waals surface area (Å²) >= 11 is 6.17. The lowest BCUT2D eigenvalue weighted by molar-refractivity contribution is 0.0697. The molecule has 0 saturated carbocycles. The van der Waals surface area contributed by atoms with Gasteiger partial charge in [0.1, 0.15) is 0 Å². The van der Waals surface area contributed by atoms with E-state index in [4.69, 9.17) is 26.2 Å². The van der Waals surface area contributed by atoms with E-state index in [-0.39, 0.29) is 5.56 Å². The van der Waals surface area contributed by atoms with Crippen molar-refractivity contribution in [1.82, 2.24) is 0 Å². The van der Waals surface area contributed by atoms with Crippen LogP contribution in [0.1, 0.15) is 10.4 Å². The fourth-order valence-corrected chi connectivity index (χ4v) is 2.18. The molecule has 0 aliphatic carbocycles. The van der Waals surface area contributed by atoms with E-state index < -0.39 is 5.97 Å². The van der Waals surface area contributed by atoms with E-state index in [0.29, 0.717) is 27.6 Å². The number of aromatic carboxylic acids is 1. The van der Waals surface area contributed by atoms with Crippen LogP contribution in [0.25, 0.3) is 11.1 Å². The molecule has 0 radical (unpaired) electrons. The normalized spacial score (nSPS) is 10.2. The molecule has 1 N–H and O–H groups in total. The molecule has 0 saturated heterocycles. The second-order valence-corrected chi connectivity index (χ2v) is 4.45. The Hall–Kier alpha value is -2.20. The van der Waals surface area contributed by atoms with E-state index in [9.17, 15) is 4.79 Å². The molecule has 0 aliphatic heterocycles. The van der Waals surface area contributed by atoms with E-state index >= 15 is 0 Å². The molecular weight excluding hydrogens is 280 g/mol. The lowest BCUT2D eigenvalue weighted by Gasteiger charge is -2.14. The molecule has 0 fully saturated rings. The molecule has 0 aliphatic rings. The van der Waals surface area contributed by atoms with Gasteiger partial charge >= 0.3 is 5.97 Å². The number of ether oxygens (including phenoxy) is 2. The Kier molecular flexibility index (Phi) is 4.15. The van der Waals surface area contributed by atoms with Crippen molar-refractivity contribution in [1.29, 1.82) is 0 Å². The van der Waals surface area contributed by atoms with Crippen molar-refractivity contribution in [3.8, 4) is 22.6 Å². The van der Waals surface area contributed by atoms with Crippen LogP contribution in [-0.4, -0.2) is 25.3 Å². The fourth-order valence-electron chi connectivity index (χ4n) is 1.96. The lowest BCUT2D eigenvalue weighted by Crippen LogP contribution is -1.98. The highest BCUT2D eigenvalue weighted by molar-refractivity contribution is 6.33. The van der Waals surface area contributed by atoms with Crippen molar-refractivity contribution in [2.24, 2.45) is 0 Å². The second-order valence-electron chi connectivity index (χ2n) is 4.04. The molecule has 2 rings (SSSR count). The first-order valence-corrected chi connectivity index (χ1v) is 6.20. The maximum atomic E-state index is 11.1. The first-order chi connectivity index (χ1) is 9.58. The van der Waals surface area contributed by atoms with Gasteiger partial charge in [-0.2, -0.15) is 0 Å². The number of rotatable bonds is 4. The number of halogens is 1. The summed E-state index contributed by atoms with van der Waals surface area (Å²) in [4.78, 5) is 11.1. The minimum Gasteiger partial charge on any atom is -0.493 e. The van der Waals surface area contributed by atoms with Gasteiger partial charge in [0.2, 0.25) is 0 Å². The Morgan fingerprint density at radius 3 is 2.45 bits per heavy atom. The summed E-state index contributed by atoms with van der Waals surface area (Å²) < 4.78 is 10.6. The van der Waals surface area contributed by atoms with Crippen LogP contribution in [0, 0.1) is 0 Å². The maximum absolute atomic E-state index is 11.1. The van der Waals surface area contributed by atoms with E-state index in [2.05, 4.69) is 0 Å². The third-order valence-corrected chi connectivity index (χ3v) is 3.24. The zero-order valence-corrected chi connectivity index (χ0v) is 11.8. The molecule has 4 nitrogen and oxygen atoms in total. The molecule has 0 bridgehead atoms. The molecule has 0 heterocycles. The summed E-state index contributed by atoms with van der Waals surface area (Å²) in [5, 5.41) is 9.52. The van der Waals surface area contributed by atoms with Crippen LogP contribution in [0.5, 0.6) is 11.5 Å². The number of carboxylic acids is 1. The lowest BCUT2D eigenvalue weighted by atomic mass is 10.0. The first-order valence-electron chi connectivity index (χ1n) is 5.82. The smallest absolute Gasteiger partial charge is 0.335 e.